The van der Waals surface area contributed by atoms with Crippen LogP contribution in [0.2, 0.25) is 0 Å². The van der Waals surface area contributed by atoms with Crippen molar-refractivity contribution in [1.29, 1.82) is 0 Å². The van der Waals surface area contributed by atoms with Crippen molar-refractivity contribution in [3.05, 3.63) is 18.0 Å². The molecule has 74 valence electrons. The molecule has 1 aromatic rings. The molecule has 0 saturated carbocycles. The van der Waals surface area contributed by atoms with Crippen molar-refractivity contribution in [2.24, 2.45) is 11.7 Å². The predicted octanol–water partition coefficient (Wildman–Crippen LogP) is 0.531. The van der Waals surface area contributed by atoms with E-state index in [9.17, 15) is 0 Å². The number of hydrogen-bond donors (Lipinski definition) is 2. The Hall–Kier alpha value is -0.870. The molecule has 0 unspecified atom stereocenters. The fourth-order valence-corrected chi connectivity index (χ4v) is 1.25. The van der Waals surface area contributed by atoms with E-state index in [1.807, 2.05) is 10.7 Å². The van der Waals surface area contributed by atoms with E-state index in [2.05, 4.69) is 18.9 Å². The van der Waals surface area contributed by atoms with Crippen LogP contribution in [0.15, 0.2) is 12.3 Å². The van der Waals surface area contributed by atoms with Gasteiger partial charge in [-0.3, -0.25) is 4.68 Å². The molecule has 1 rings (SSSR count). The highest BCUT2D eigenvalue weighted by atomic mass is 16.3. The fraction of sp³-hybridized carbons (Fsp3) is 0.667. The lowest BCUT2D eigenvalue weighted by Crippen LogP contribution is -2.20. The van der Waals surface area contributed by atoms with E-state index in [-0.39, 0.29) is 12.6 Å². The van der Waals surface area contributed by atoms with Gasteiger partial charge < -0.3 is 10.8 Å². The first-order chi connectivity index (χ1) is 6.15. The second-order valence-corrected chi connectivity index (χ2v) is 3.62. The Morgan fingerprint density at radius 3 is 2.85 bits per heavy atom. The maximum absolute atomic E-state index is 8.90. The van der Waals surface area contributed by atoms with Crippen molar-refractivity contribution in [3.63, 3.8) is 0 Å². The largest absolute Gasteiger partial charge is 0.394 e. The molecule has 0 aromatic carbocycles. The molecule has 4 nitrogen and oxygen atoms in total. The van der Waals surface area contributed by atoms with Crippen LogP contribution in [0, 0.1) is 5.92 Å². The summed E-state index contributed by atoms with van der Waals surface area (Å²) in [6, 6.07) is 1.53. The Kier molecular flexibility index (Phi) is 3.45. The molecule has 1 aromatic heterocycles. The fourth-order valence-electron chi connectivity index (χ4n) is 1.25. The molecule has 0 fully saturated rings. The molecule has 3 N–H and O–H groups in total. The Balaban J connectivity index is 2.76. The summed E-state index contributed by atoms with van der Waals surface area (Å²) in [6.45, 7) is 5.05. The Labute approximate surface area is 78.4 Å². The zero-order valence-electron chi connectivity index (χ0n) is 8.14. The lowest BCUT2D eigenvalue weighted by molar-refractivity contribution is 0.260. The van der Waals surface area contributed by atoms with Gasteiger partial charge in [0.25, 0.3) is 0 Å². The maximum atomic E-state index is 8.90. The third-order valence-electron chi connectivity index (χ3n) is 1.86. The molecule has 0 radical (unpaired) electrons. The standard InChI is InChI=1S/C9H17N3O/c1-7(2)5-12-9(3-4-11-12)8(10)6-13/h3-4,7-8,13H,5-6,10H2,1-2H3/t8-/m0/s1. The van der Waals surface area contributed by atoms with Gasteiger partial charge in [0.2, 0.25) is 0 Å². The third kappa shape index (κ3) is 2.54. The van der Waals surface area contributed by atoms with Gasteiger partial charge in [0, 0.05) is 12.7 Å². The number of nitrogens with two attached hydrogens (primary N) is 1. The summed E-state index contributed by atoms with van der Waals surface area (Å²) in [5.74, 6) is 0.532. The molecule has 1 heterocycles. The number of aromatic nitrogens is 2. The zero-order valence-corrected chi connectivity index (χ0v) is 8.14. The third-order valence-corrected chi connectivity index (χ3v) is 1.86. The van der Waals surface area contributed by atoms with E-state index in [1.165, 1.54) is 0 Å². The summed E-state index contributed by atoms with van der Waals surface area (Å²) in [7, 11) is 0. The Bertz CT molecular complexity index is 257. The topological polar surface area (TPSA) is 64.1 Å². The predicted molar refractivity (Wildman–Crippen MR) is 51.1 cm³/mol. The minimum Gasteiger partial charge on any atom is -0.394 e. The van der Waals surface area contributed by atoms with Gasteiger partial charge in [0.05, 0.1) is 18.3 Å². The summed E-state index contributed by atoms with van der Waals surface area (Å²) < 4.78 is 1.85. The first-order valence-corrected chi connectivity index (χ1v) is 4.53. The summed E-state index contributed by atoms with van der Waals surface area (Å²) >= 11 is 0. The molecular formula is C9H17N3O. The average molecular weight is 183 g/mol. The molecule has 13 heavy (non-hydrogen) atoms. The first kappa shape index (κ1) is 10.2. The summed E-state index contributed by atoms with van der Waals surface area (Å²) in [4.78, 5) is 0. The van der Waals surface area contributed by atoms with Crippen LogP contribution in [-0.4, -0.2) is 21.5 Å². The number of rotatable bonds is 4. The summed E-state index contributed by atoms with van der Waals surface area (Å²) in [5, 5.41) is 13.0. The van der Waals surface area contributed by atoms with Gasteiger partial charge >= 0.3 is 0 Å². The minimum absolute atomic E-state index is 0.0379. The van der Waals surface area contributed by atoms with Gasteiger partial charge in [-0.05, 0) is 12.0 Å². The molecule has 4 heteroatoms. The van der Waals surface area contributed by atoms with Gasteiger partial charge in [-0.25, -0.2) is 0 Å². The number of hydrogen-bond acceptors (Lipinski definition) is 3. The lowest BCUT2D eigenvalue weighted by Gasteiger charge is -2.13. The highest BCUT2D eigenvalue weighted by Gasteiger charge is 2.10. The Morgan fingerprint density at radius 2 is 2.31 bits per heavy atom. The highest BCUT2D eigenvalue weighted by Crippen LogP contribution is 2.10. The maximum Gasteiger partial charge on any atom is 0.0701 e. The lowest BCUT2D eigenvalue weighted by atomic mass is 10.2. The number of nitrogens with zero attached hydrogens (tertiary/aromatic N) is 2. The van der Waals surface area contributed by atoms with Crippen molar-refractivity contribution >= 4 is 0 Å². The van der Waals surface area contributed by atoms with E-state index < -0.39 is 0 Å². The van der Waals surface area contributed by atoms with Gasteiger partial charge in [-0.1, -0.05) is 13.8 Å². The van der Waals surface area contributed by atoms with Crippen molar-refractivity contribution in [1.82, 2.24) is 9.78 Å². The van der Waals surface area contributed by atoms with Crippen LogP contribution in [0.3, 0.4) is 0 Å². The van der Waals surface area contributed by atoms with Gasteiger partial charge in [-0.15, -0.1) is 0 Å². The summed E-state index contributed by atoms with van der Waals surface area (Å²) in [5.41, 5.74) is 6.60. The van der Waals surface area contributed by atoms with Crippen molar-refractivity contribution in [2.75, 3.05) is 6.61 Å². The molecule has 0 aliphatic heterocycles. The van der Waals surface area contributed by atoms with Gasteiger partial charge in [0.1, 0.15) is 0 Å². The minimum atomic E-state index is -0.318. The zero-order chi connectivity index (χ0) is 9.84. The van der Waals surface area contributed by atoms with E-state index in [0.29, 0.717) is 5.92 Å². The number of aliphatic hydroxyl groups excluding tert-OH is 1. The smallest absolute Gasteiger partial charge is 0.0701 e. The Morgan fingerprint density at radius 1 is 1.62 bits per heavy atom. The highest BCUT2D eigenvalue weighted by molar-refractivity contribution is 5.06. The number of aliphatic hydroxyl groups is 1. The van der Waals surface area contributed by atoms with Crippen molar-refractivity contribution in [2.45, 2.75) is 26.4 Å². The molecule has 0 amide bonds. The van der Waals surface area contributed by atoms with Crippen molar-refractivity contribution < 1.29 is 5.11 Å². The van der Waals surface area contributed by atoms with Crippen LogP contribution >= 0.6 is 0 Å². The molecule has 0 aliphatic carbocycles. The van der Waals surface area contributed by atoms with E-state index in [4.69, 9.17) is 10.8 Å². The molecular weight excluding hydrogens is 166 g/mol. The van der Waals surface area contributed by atoms with Gasteiger partial charge in [-0.2, -0.15) is 5.10 Å². The molecule has 0 spiro atoms. The second kappa shape index (κ2) is 4.39. The quantitative estimate of drug-likeness (QED) is 0.715. The van der Waals surface area contributed by atoms with E-state index in [0.717, 1.165) is 12.2 Å². The molecule has 1 atom stereocenters. The van der Waals surface area contributed by atoms with Crippen LogP contribution in [-0.2, 0) is 6.54 Å². The van der Waals surface area contributed by atoms with Crippen LogP contribution in [0.5, 0.6) is 0 Å². The van der Waals surface area contributed by atoms with Crippen LogP contribution in [0.1, 0.15) is 25.6 Å². The molecule has 0 bridgehead atoms. The van der Waals surface area contributed by atoms with E-state index >= 15 is 0 Å². The SMILES string of the molecule is CC(C)Cn1nccc1[C@@H](N)CO. The van der Waals surface area contributed by atoms with Crippen LogP contribution in [0.4, 0.5) is 0 Å². The normalized spacial score (nSPS) is 13.6. The second-order valence-electron chi connectivity index (χ2n) is 3.62. The van der Waals surface area contributed by atoms with Crippen LogP contribution < -0.4 is 5.73 Å². The molecule has 0 aliphatic rings. The van der Waals surface area contributed by atoms with Crippen molar-refractivity contribution in [3.8, 4) is 0 Å². The average Bonchev–Trinajstić information content (AvgIpc) is 2.50. The van der Waals surface area contributed by atoms with Gasteiger partial charge in [0.15, 0.2) is 0 Å². The first-order valence-electron chi connectivity index (χ1n) is 4.53. The summed E-state index contributed by atoms with van der Waals surface area (Å²) in [6.07, 6.45) is 1.72. The van der Waals surface area contributed by atoms with Crippen LogP contribution in [0.25, 0.3) is 0 Å². The monoisotopic (exact) mass is 183 g/mol. The van der Waals surface area contributed by atoms with E-state index in [1.54, 1.807) is 6.20 Å². The molecule has 0 saturated heterocycles.